The molecular weight excluding hydrogens is 422 g/mol. The molecule has 4 N–H and O–H groups in total. The maximum absolute atomic E-state index is 12.4. The molecule has 9 nitrogen and oxygen atoms in total. The van der Waals surface area contributed by atoms with Crippen molar-refractivity contribution in [2.24, 2.45) is 11.7 Å². The summed E-state index contributed by atoms with van der Waals surface area (Å²) in [6.45, 7) is 4.10. The summed E-state index contributed by atoms with van der Waals surface area (Å²) in [7, 11) is 0. The molecule has 9 heteroatoms. The second-order valence-electron chi connectivity index (χ2n) is 7.93. The largest absolute Gasteiger partial charge is 0.493 e. The number of nitrogens with one attached hydrogen (secondary N) is 2. The molecule has 1 fully saturated rings. The summed E-state index contributed by atoms with van der Waals surface area (Å²) >= 11 is 0. The molecule has 176 valence electrons. The van der Waals surface area contributed by atoms with E-state index in [1.54, 1.807) is 30.5 Å². The lowest BCUT2D eigenvalue weighted by Gasteiger charge is -2.32. The average Bonchev–Trinajstić information content (AvgIpc) is 2.83. The number of rotatable bonds is 10. The van der Waals surface area contributed by atoms with Crippen LogP contribution < -0.4 is 26.0 Å². The Morgan fingerprint density at radius 2 is 2.03 bits per heavy atom. The van der Waals surface area contributed by atoms with Crippen LogP contribution in [0.2, 0.25) is 0 Å². The van der Waals surface area contributed by atoms with E-state index in [9.17, 15) is 14.4 Å². The number of amides is 3. The molecule has 1 unspecified atom stereocenters. The van der Waals surface area contributed by atoms with Crippen molar-refractivity contribution < 1.29 is 19.1 Å². The number of carbonyl (C=O) groups excluding carboxylic acids is 3. The monoisotopic (exact) mass is 453 g/mol. The Hall–Kier alpha value is -3.62. The Morgan fingerprint density at radius 1 is 1.21 bits per heavy atom. The van der Waals surface area contributed by atoms with Gasteiger partial charge in [-0.1, -0.05) is 12.1 Å². The lowest BCUT2D eigenvalue weighted by atomic mass is 9.97. The van der Waals surface area contributed by atoms with Crippen molar-refractivity contribution in [3.05, 3.63) is 48.2 Å². The quantitative estimate of drug-likeness (QED) is 0.474. The van der Waals surface area contributed by atoms with Crippen molar-refractivity contribution in [2.75, 3.05) is 36.5 Å². The maximum Gasteiger partial charge on any atom is 0.255 e. The number of ether oxygens (including phenoxy) is 1. The molecule has 0 aliphatic carbocycles. The molecule has 3 rings (SSSR count). The van der Waals surface area contributed by atoms with E-state index in [1.807, 2.05) is 24.0 Å². The SMILES string of the molecule is CCOc1ccccc1C(=O)NCCCC(=O)Nc1ccc(N2CCCC(C(N)=O)C2)nc1. The van der Waals surface area contributed by atoms with Crippen LogP contribution in [0.15, 0.2) is 42.6 Å². The standard InChI is InChI=1S/C24H31N5O4/c1-2-33-20-9-4-3-8-19(20)24(32)26-13-5-10-22(30)28-18-11-12-21(27-15-18)29-14-6-7-17(16-29)23(25)31/h3-4,8-9,11-12,15,17H,2,5-7,10,13-14,16H2,1H3,(H2,25,31)(H,26,32)(H,28,30). The summed E-state index contributed by atoms with van der Waals surface area (Å²) in [4.78, 5) is 42.5. The van der Waals surface area contributed by atoms with Gasteiger partial charge in [-0.3, -0.25) is 14.4 Å². The molecule has 33 heavy (non-hydrogen) atoms. The number of pyridine rings is 1. The minimum absolute atomic E-state index is 0.153. The Kier molecular flexibility index (Phi) is 8.63. The van der Waals surface area contributed by atoms with Gasteiger partial charge in [-0.15, -0.1) is 0 Å². The lowest BCUT2D eigenvalue weighted by molar-refractivity contribution is -0.122. The summed E-state index contributed by atoms with van der Waals surface area (Å²) in [6.07, 6.45) is 4.07. The van der Waals surface area contributed by atoms with Gasteiger partial charge >= 0.3 is 0 Å². The second kappa shape index (κ2) is 11.8. The van der Waals surface area contributed by atoms with Gasteiger partial charge in [-0.2, -0.15) is 0 Å². The van der Waals surface area contributed by atoms with Crippen molar-refractivity contribution >= 4 is 29.2 Å². The molecule has 0 radical (unpaired) electrons. The molecule has 3 amide bonds. The van der Waals surface area contributed by atoms with Crippen LogP contribution >= 0.6 is 0 Å². The summed E-state index contributed by atoms with van der Waals surface area (Å²) in [5, 5.41) is 5.64. The number of anilines is 2. The molecule has 0 saturated carbocycles. The maximum atomic E-state index is 12.4. The average molecular weight is 454 g/mol. The van der Waals surface area contributed by atoms with E-state index < -0.39 is 0 Å². The number of carbonyl (C=O) groups is 3. The predicted octanol–water partition coefficient (Wildman–Crippen LogP) is 2.33. The van der Waals surface area contributed by atoms with E-state index in [0.717, 1.165) is 25.2 Å². The smallest absolute Gasteiger partial charge is 0.255 e. The van der Waals surface area contributed by atoms with Crippen LogP contribution in [0.5, 0.6) is 5.75 Å². The molecule has 2 aromatic rings. The molecule has 0 bridgehead atoms. The van der Waals surface area contributed by atoms with Gasteiger partial charge in [-0.05, 0) is 50.5 Å². The highest BCUT2D eigenvalue weighted by atomic mass is 16.5. The number of hydrogen-bond donors (Lipinski definition) is 3. The number of hydrogen-bond acceptors (Lipinski definition) is 6. The fourth-order valence-electron chi connectivity index (χ4n) is 3.77. The van der Waals surface area contributed by atoms with Gasteiger partial charge in [0.1, 0.15) is 11.6 Å². The highest BCUT2D eigenvalue weighted by molar-refractivity contribution is 5.97. The predicted molar refractivity (Wildman–Crippen MR) is 126 cm³/mol. The van der Waals surface area contributed by atoms with Crippen LogP contribution in [0.1, 0.15) is 43.0 Å². The Bertz CT molecular complexity index is 964. The second-order valence-corrected chi connectivity index (χ2v) is 7.93. The van der Waals surface area contributed by atoms with Gasteiger partial charge in [0.05, 0.1) is 30.0 Å². The highest BCUT2D eigenvalue weighted by Gasteiger charge is 2.24. The first-order valence-corrected chi connectivity index (χ1v) is 11.3. The minimum atomic E-state index is -0.279. The van der Waals surface area contributed by atoms with E-state index in [-0.39, 0.29) is 30.1 Å². The molecule has 1 atom stereocenters. The zero-order valence-electron chi connectivity index (χ0n) is 18.9. The molecule has 2 heterocycles. The van der Waals surface area contributed by atoms with Crippen molar-refractivity contribution in [3.63, 3.8) is 0 Å². The number of nitrogens with two attached hydrogens (primary N) is 1. The number of benzene rings is 1. The van der Waals surface area contributed by atoms with Crippen LogP contribution in [-0.2, 0) is 9.59 Å². The van der Waals surface area contributed by atoms with Crippen LogP contribution in [0.4, 0.5) is 11.5 Å². The number of piperidine rings is 1. The zero-order chi connectivity index (χ0) is 23.6. The highest BCUT2D eigenvalue weighted by Crippen LogP contribution is 2.22. The van der Waals surface area contributed by atoms with E-state index >= 15 is 0 Å². The number of aromatic nitrogens is 1. The first kappa shape index (κ1) is 24.0. The molecule has 1 aromatic carbocycles. The normalized spacial score (nSPS) is 15.5. The lowest BCUT2D eigenvalue weighted by Crippen LogP contribution is -2.41. The van der Waals surface area contributed by atoms with Crippen molar-refractivity contribution in [2.45, 2.75) is 32.6 Å². The van der Waals surface area contributed by atoms with Gasteiger partial charge in [-0.25, -0.2) is 4.98 Å². The molecule has 1 aromatic heterocycles. The fraction of sp³-hybridized carbons (Fsp3) is 0.417. The number of para-hydroxylation sites is 1. The minimum Gasteiger partial charge on any atom is -0.493 e. The van der Waals surface area contributed by atoms with Crippen molar-refractivity contribution in [1.82, 2.24) is 10.3 Å². The van der Waals surface area contributed by atoms with Crippen molar-refractivity contribution in [1.29, 1.82) is 0 Å². The van der Waals surface area contributed by atoms with Gasteiger partial charge in [0.15, 0.2) is 0 Å². The Labute approximate surface area is 193 Å². The van der Waals surface area contributed by atoms with E-state index in [2.05, 4.69) is 15.6 Å². The van der Waals surface area contributed by atoms with Crippen molar-refractivity contribution in [3.8, 4) is 5.75 Å². The molecule has 1 aliphatic rings. The summed E-state index contributed by atoms with van der Waals surface area (Å²) < 4.78 is 5.48. The molecular formula is C24H31N5O4. The third kappa shape index (κ3) is 6.93. The Balaban J connectivity index is 1.41. The third-order valence-electron chi connectivity index (χ3n) is 5.48. The number of nitrogens with zero attached hydrogens (tertiary/aromatic N) is 2. The van der Waals surface area contributed by atoms with Crippen LogP contribution in [-0.4, -0.2) is 48.9 Å². The van der Waals surface area contributed by atoms with E-state index in [4.69, 9.17) is 10.5 Å². The molecule has 1 aliphatic heterocycles. The van der Waals surface area contributed by atoms with Crippen LogP contribution in [0.3, 0.4) is 0 Å². The van der Waals surface area contributed by atoms with Gasteiger partial charge in [0.2, 0.25) is 11.8 Å². The zero-order valence-corrected chi connectivity index (χ0v) is 18.9. The summed E-state index contributed by atoms with van der Waals surface area (Å²) in [5.74, 6) is 0.483. The first-order valence-electron chi connectivity index (χ1n) is 11.3. The van der Waals surface area contributed by atoms with Crippen LogP contribution in [0.25, 0.3) is 0 Å². The topological polar surface area (TPSA) is 127 Å². The Morgan fingerprint density at radius 3 is 2.76 bits per heavy atom. The third-order valence-corrected chi connectivity index (χ3v) is 5.48. The summed E-state index contributed by atoms with van der Waals surface area (Å²) in [5.41, 5.74) is 6.52. The van der Waals surface area contributed by atoms with E-state index in [1.165, 1.54) is 0 Å². The van der Waals surface area contributed by atoms with Gasteiger partial charge in [0.25, 0.3) is 5.91 Å². The molecule has 0 spiro atoms. The number of primary amides is 1. The fourth-order valence-corrected chi connectivity index (χ4v) is 3.77. The summed E-state index contributed by atoms with van der Waals surface area (Å²) in [6, 6.07) is 10.7. The first-order chi connectivity index (χ1) is 16.0. The van der Waals surface area contributed by atoms with E-state index in [0.29, 0.717) is 43.1 Å². The molecule has 1 saturated heterocycles. The van der Waals surface area contributed by atoms with Crippen LogP contribution in [0, 0.1) is 5.92 Å². The van der Waals surface area contributed by atoms with Gasteiger partial charge < -0.3 is 26.0 Å². The van der Waals surface area contributed by atoms with Gasteiger partial charge in [0, 0.05) is 26.1 Å².